The fraction of sp³-hybridized carbons (Fsp3) is 0. The maximum atomic E-state index is 0. The van der Waals surface area contributed by atoms with Crippen LogP contribution in [0.25, 0.3) is 0 Å². The van der Waals surface area contributed by atoms with Crippen molar-refractivity contribution >= 4 is 0 Å². The molecule has 0 unspecified atom stereocenters. The minimum Gasteiger partial charge on any atom is -1.00 e. The van der Waals surface area contributed by atoms with Gasteiger partial charge in [0.25, 0.3) is 0 Å². The van der Waals surface area contributed by atoms with Crippen LogP contribution in [0.5, 0.6) is 0 Å². The zero-order valence-corrected chi connectivity index (χ0v) is 8.90. The van der Waals surface area contributed by atoms with Crippen LogP contribution in [0, 0.1) is 0 Å². The van der Waals surface area contributed by atoms with Gasteiger partial charge in [0, 0.05) is 20.1 Å². The molecule has 0 heterocycles. The van der Waals surface area contributed by atoms with Gasteiger partial charge in [-0.3, -0.25) is 0 Å². The summed E-state index contributed by atoms with van der Waals surface area (Å²) in [4.78, 5) is 0. The Morgan fingerprint density at radius 1 is 0.429 bits per heavy atom. The van der Waals surface area contributed by atoms with Crippen molar-refractivity contribution in [2.24, 2.45) is 0 Å². The molecule has 1 radical (unpaired) electrons. The standard InChI is InChI=1S/5ClH.Ir.H2O/h5*1H;;1H2/p-5. The average Bonchev–Trinajstić information content (AvgIpc) is 0. The molecule has 0 amide bonds. The molecule has 0 aliphatic heterocycles. The Labute approximate surface area is 87.1 Å². The topological polar surface area (TPSA) is 31.5 Å². The minimum absolute atomic E-state index is 0. The van der Waals surface area contributed by atoms with Gasteiger partial charge in [-0.15, -0.1) is 0 Å². The number of rotatable bonds is 0. The van der Waals surface area contributed by atoms with E-state index in [0.29, 0.717) is 0 Å². The van der Waals surface area contributed by atoms with Crippen LogP contribution >= 0.6 is 0 Å². The van der Waals surface area contributed by atoms with Crippen LogP contribution in [0.4, 0.5) is 0 Å². The van der Waals surface area contributed by atoms with E-state index >= 15 is 0 Å². The summed E-state index contributed by atoms with van der Waals surface area (Å²) in [6.07, 6.45) is 0. The molecule has 0 aliphatic carbocycles. The van der Waals surface area contributed by atoms with Crippen LogP contribution in [-0.2, 0) is 20.1 Å². The van der Waals surface area contributed by atoms with Crippen molar-refractivity contribution in [1.82, 2.24) is 0 Å². The first-order valence-corrected chi connectivity index (χ1v) is 0. The second kappa shape index (κ2) is 94.7. The first-order chi connectivity index (χ1) is 0. The maximum absolute atomic E-state index is 0. The van der Waals surface area contributed by atoms with Crippen LogP contribution in [0.3, 0.4) is 0 Å². The Morgan fingerprint density at radius 3 is 0.429 bits per heavy atom. The van der Waals surface area contributed by atoms with Crippen LogP contribution < -0.4 is 62.0 Å². The second-order valence-electron chi connectivity index (χ2n) is 0. The molecule has 0 saturated heterocycles. The van der Waals surface area contributed by atoms with Crippen molar-refractivity contribution in [2.75, 3.05) is 0 Å². The van der Waals surface area contributed by atoms with Crippen LogP contribution in [-0.4, -0.2) is 5.48 Å². The molecule has 2 N–H and O–H groups in total. The van der Waals surface area contributed by atoms with Gasteiger partial charge in [-0.1, -0.05) is 0 Å². The van der Waals surface area contributed by atoms with Gasteiger partial charge in [-0.25, -0.2) is 0 Å². The molecule has 0 aromatic rings. The zero-order chi connectivity index (χ0) is 0. The summed E-state index contributed by atoms with van der Waals surface area (Å²) in [7, 11) is 0. The summed E-state index contributed by atoms with van der Waals surface area (Å²) >= 11 is 0. The summed E-state index contributed by atoms with van der Waals surface area (Å²) < 4.78 is 0. The third-order valence-electron chi connectivity index (χ3n) is 0. The van der Waals surface area contributed by atoms with Crippen LogP contribution in [0.15, 0.2) is 0 Å². The van der Waals surface area contributed by atoms with E-state index in [2.05, 4.69) is 0 Å². The first-order valence-electron chi connectivity index (χ1n) is 0. The monoisotopic (exact) mass is 386 g/mol. The molecule has 0 aliphatic rings. The van der Waals surface area contributed by atoms with Crippen LogP contribution in [0.2, 0.25) is 0 Å². The Bertz CT molecular complexity index is 8.04. The van der Waals surface area contributed by atoms with Gasteiger partial charge in [0.2, 0.25) is 0 Å². The molecule has 57 valence electrons. The van der Waals surface area contributed by atoms with Gasteiger partial charge < -0.3 is 67.5 Å². The van der Waals surface area contributed by atoms with E-state index in [4.69, 9.17) is 0 Å². The molecular weight excluding hydrogens is 385 g/mol. The third-order valence-corrected chi connectivity index (χ3v) is 0. The molecule has 1 nitrogen and oxygen atoms in total. The molecule has 0 aromatic carbocycles. The Kier molecular flexibility index (Phi) is 1880. The molecule has 0 fully saturated rings. The largest absolute Gasteiger partial charge is 1.00 e. The molecule has 0 saturated carbocycles. The second-order valence-corrected chi connectivity index (χ2v) is 0. The van der Waals surface area contributed by atoms with Crippen molar-refractivity contribution in [3.63, 3.8) is 0 Å². The number of halogens is 5. The van der Waals surface area contributed by atoms with Gasteiger partial charge in [0.1, 0.15) is 0 Å². The Balaban J connectivity index is 0. The SMILES string of the molecule is O.[Cl-].[Cl-].[Cl-].[Cl-].[Cl-].[Ir]. The molecule has 0 bridgehead atoms. The summed E-state index contributed by atoms with van der Waals surface area (Å²) in [5, 5.41) is 0. The number of hydrogen-bond donors (Lipinski definition) is 0. The number of hydrogen-bond acceptors (Lipinski definition) is 0. The molecule has 0 rings (SSSR count). The predicted molar refractivity (Wildman–Crippen MR) is 3.61 cm³/mol. The van der Waals surface area contributed by atoms with E-state index in [1.165, 1.54) is 0 Å². The van der Waals surface area contributed by atoms with Gasteiger partial charge in [-0.2, -0.15) is 0 Å². The quantitative estimate of drug-likeness (QED) is 0.396. The third kappa shape index (κ3) is 69.8. The maximum Gasteiger partial charge on any atom is 0 e. The fourth-order valence-corrected chi connectivity index (χ4v) is 0. The first kappa shape index (κ1) is 139. The van der Waals surface area contributed by atoms with Gasteiger partial charge >= 0.3 is 0 Å². The summed E-state index contributed by atoms with van der Waals surface area (Å²) in [6, 6.07) is 0. The van der Waals surface area contributed by atoms with Crippen molar-refractivity contribution in [2.45, 2.75) is 0 Å². The van der Waals surface area contributed by atoms with Gasteiger partial charge in [-0.05, 0) is 0 Å². The normalized spacial score (nSPS) is 0. The van der Waals surface area contributed by atoms with Crippen molar-refractivity contribution in [3.8, 4) is 0 Å². The Hall–Kier alpha value is 2.06. The zero-order valence-electron chi connectivity index (χ0n) is 2.72. The minimum atomic E-state index is 0. The van der Waals surface area contributed by atoms with E-state index in [0.717, 1.165) is 0 Å². The van der Waals surface area contributed by atoms with E-state index in [1.807, 2.05) is 0 Å². The van der Waals surface area contributed by atoms with E-state index in [9.17, 15) is 0 Å². The fourth-order valence-electron chi connectivity index (χ4n) is 0. The summed E-state index contributed by atoms with van der Waals surface area (Å²) in [6.45, 7) is 0. The Morgan fingerprint density at radius 2 is 0.429 bits per heavy atom. The summed E-state index contributed by atoms with van der Waals surface area (Å²) in [5.41, 5.74) is 0. The van der Waals surface area contributed by atoms with Gasteiger partial charge in [0.05, 0.1) is 0 Å². The molecule has 7 heavy (non-hydrogen) atoms. The van der Waals surface area contributed by atoms with E-state index < -0.39 is 0 Å². The molecule has 0 atom stereocenters. The smallest absolute Gasteiger partial charge is 0 e. The van der Waals surface area contributed by atoms with E-state index in [1.54, 1.807) is 0 Å². The average molecular weight is 387 g/mol. The van der Waals surface area contributed by atoms with Gasteiger partial charge in [0.15, 0.2) is 0 Å². The van der Waals surface area contributed by atoms with Crippen molar-refractivity contribution in [3.05, 3.63) is 0 Å². The molecule has 0 aromatic heterocycles. The molecule has 0 spiro atoms. The van der Waals surface area contributed by atoms with Crippen molar-refractivity contribution < 1.29 is 87.6 Å². The molecular formula is H2Cl5IrO-5. The van der Waals surface area contributed by atoms with Crippen molar-refractivity contribution in [1.29, 1.82) is 0 Å². The molecule has 7 heteroatoms. The summed E-state index contributed by atoms with van der Waals surface area (Å²) in [5.74, 6) is 0. The predicted octanol–water partition coefficient (Wildman–Crippen LogP) is -15.8. The van der Waals surface area contributed by atoms with E-state index in [-0.39, 0.29) is 87.6 Å². The van der Waals surface area contributed by atoms with Crippen LogP contribution in [0.1, 0.15) is 0 Å².